The molecule has 0 fully saturated rings. The van der Waals surface area contributed by atoms with E-state index in [1.165, 1.54) is 64.2 Å². The number of allylic oxidation sites excluding steroid dienone is 2. The van der Waals surface area contributed by atoms with Crippen LogP contribution in [-0.4, -0.2) is 18.4 Å². The van der Waals surface area contributed by atoms with Crippen LogP contribution >= 0.6 is 0 Å². The summed E-state index contributed by atoms with van der Waals surface area (Å²) >= 11 is -2.05. The van der Waals surface area contributed by atoms with Crippen LogP contribution in [0.25, 0.3) is 0 Å². The fraction of sp³-hybridized carbons (Fsp3) is 0.909. The van der Waals surface area contributed by atoms with Gasteiger partial charge in [-0.1, -0.05) is 0 Å². The van der Waals surface area contributed by atoms with Gasteiger partial charge >= 0.3 is 152 Å². The number of unbranched alkanes of at least 4 members (excludes halogenated alkanes) is 3. The zero-order chi connectivity index (χ0) is 17.1. The van der Waals surface area contributed by atoms with Crippen molar-refractivity contribution < 1.29 is 0 Å². The minimum atomic E-state index is -2.05. The van der Waals surface area contributed by atoms with E-state index in [-0.39, 0.29) is 0 Å². The molecule has 0 amide bonds. The van der Waals surface area contributed by atoms with Crippen molar-refractivity contribution in [3.63, 3.8) is 0 Å². The van der Waals surface area contributed by atoms with Gasteiger partial charge in [-0.25, -0.2) is 0 Å². The fourth-order valence-corrected chi connectivity index (χ4v) is 21.9. The molecule has 1 atom stereocenters. The second-order valence-corrected chi connectivity index (χ2v) is 22.0. The topological polar surface area (TPSA) is 0 Å². The van der Waals surface area contributed by atoms with E-state index in [4.69, 9.17) is 0 Å². The maximum absolute atomic E-state index is 2.80. The fourth-order valence-electron chi connectivity index (χ4n) is 4.65. The van der Waals surface area contributed by atoms with Gasteiger partial charge in [-0.05, 0) is 0 Å². The van der Waals surface area contributed by atoms with Crippen molar-refractivity contribution in [2.75, 3.05) is 0 Å². The molecule has 0 spiro atoms. The molecule has 0 nitrogen and oxygen atoms in total. The number of hydrogen-bond acceptors (Lipinski definition) is 0. The van der Waals surface area contributed by atoms with Crippen LogP contribution in [0, 0.1) is 11.8 Å². The van der Waals surface area contributed by atoms with E-state index in [9.17, 15) is 0 Å². The van der Waals surface area contributed by atoms with Crippen molar-refractivity contribution in [2.24, 2.45) is 11.8 Å². The van der Waals surface area contributed by atoms with Crippen LogP contribution in [0.5, 0.6) is 0 Å². The molecule has 0 aromatic rings. The van der Waals surface area contributed by atoms with E-state index < -0.39 is 18.4 Å². The Morgan fingerprint density at radius 3 is 1.83 bits per heavy atom. The molecule has 0 aliphatic heterocycles. The van der Waals surface area contributed by atoms with Crippen molar-refractivity contribution in [1.82, 2.24) is 0 Å². The van der Waals surface area contributed by atoms with Crippen LogP contribution < -0.4 is 0 Å². The predicted octanol–water partition coefficient (Wildman–Crippen LogP) is 8.15. The third-order valence-electron chi connectivity index (χ3n) is 6.03. The van der Waals surface area contributed by atoms with Gasteiger partial charge in [-0.3, -0.25) is 0 Å². The van der Waals surface area contributed by atoms with Gasteiger partial charge < -0.3 is 0 Å². The zero-order valence-electron chi connectivity index (χ0n) is 16.9. The molecule has 0 saturated heterocycles. The molecule has 0 aromatic carbocycles. The Bertz CT molecular complexity index is 307. The van der Waals surface area contributed by atoms with Gasteiger partial charge in [-0.2, -0.15) is 0 Å². The molecule has 136 valence electrons. The predicted molar refractivity (Wildman–Crippen MR) is 110 cm³/mol. The normalized spacial score (nSPS) is 19.2. The van der Waals surface area contributed by atoms with E-state index in [0.29, 0.717) is 0 Å². The first-order valence-electron chi connectivity index (χ1n) is 10.8. The van der Waals surface area contributed by atoms with Gasteiger partial charge in [0, 0.05) is 0 Å². The molecule has 0 N–H and O–H groups in total. The Balaban J connectivity index is 2.85. The Labute approximate surface area is 151 Å². The molecule has 0 heterocycles. The number of hydrogen-bond donors (Lipinski definition) is 0. The summed E-state index contributed by atoms with van der Waals surface area (Å²) in [6.45, 7) is 12.0. The van der Waals surface area contributed by atoms with Gasteiger partial charge in [0.05, 0.1) is 0 Å². The summed E-state index contributed by atoms with van der Waals surface area (Å²) in [5.41, 5.74) is 0. The molecule has 1 aliphatic rings. The van der Waals surface area contributed by atoms with Crippen LogP contribution in [0.1, 0.15) is 98.8 Å². The maximum atomic E-state index is 2.80. The molecule has 1 heteroatoms. The molecular formula is C22H44Sn. The van der Waals surface area contributed by atoms with Crippen molar-refractivity contribution in [3.05, 3.63) is 9.67 Å². The van der Waals surface area contributed by atoms with Crippen LogP contribution in [0.4, 0.5) is 0 Å². The second-order valence-electron chi connectivity index (χ2n) is 8.59. The molecule has 1 aliphatic carbocycles. The molecule has 0 bridgehead atoms. The third-order valence-corrected chi connectivity index (χ3v) is 22.4. The molecular weight excluding hydrogens is 383 g/mol. The van der Waals surface area contributed by atoms with Crippen molar-refractivity contribution in [3.8, 4) is 0 Å². The molecule has 23 heavy (non-hydrogen) atoms. The Morgan fingerprint density at radius 1 is 0.957 bits per heavy atom. The van der Waals surface area contributed by atoms with Crippen LogP contribution in [0.2, 0.25) is 13.3 Å². The van der Waals surface area contributed by atoms with Gasteiger partial charge in [0.2, 0.25) is 0 Å². The summed E-state index contributed by atoms with van der Waals surface area (Å²) in [5, 5.41) is 0. The summed E-state index contributed by atoms with van der Waals surface area (Å²) in [6.07, 6.45) is 17.4. The summed E-state index contributed by atoms with van der Waals surface area (Å²) < 4.78 is 7.05. The SMILES string of the molecule is CCC[CH2][Sn]([CH2]CCC)([CH2]CCC)[C]1=CCC(CC(C)C)CC1. The van der Waals surface area contributed by atoms with Gasteiger partial charge in [0.1, 0.15) is 0 Å². The van der Waals surface area contributed by atoms with Gasteiger partial charge in [0.25, 0.3) is 0 Å². The molecule has 0 saturated carbocycles. The molecule has 1 unspecified atom stereocenters. The van der Waals surface area contributed by atoms with Crippen LogP contribution in [-0.2, 0) is 0 Å². The van der Waals surface area contributed by atoms with E-state index in [1.54, 1.807) is 13.3 Å². The monoisotopic (exact) mass is 428 g/mol. The van der Waals surface area contributed by atoms with Crippen LogP contribution in [0.15, 0.2) is 9.67 Å². The second kappa shape index (κ2) is 12.0. The Morgan fingerprint density at radius 2 is 1.48 bits per heavy atom. The van der Waals surface area contributed by atoms with Crippen LogP contribution in [0.3, 0.4) is 0 Å². The van der Waals surface area contributed by atoms with Gasteiger partial charge in [0.15, 0.2) is 0 Å². The summed E-state index contributed by atoms with van der Waals surface area (Å²) in [6, 6.07) is 0. The summed E-state index contributed by atoms with van der Waals surface area (Å²) in [7, 11) is 0. The molecule has 0 aromatic heterocycles. The first-order valence-corrected chi connectivity index (χ1v) is 18.3. The minimum absolute atomic E-state index is 0.878. The van der Waals surface area contributed by atoms with Crippen molar-refractivity contribution >= 4 is 18.4 Å². The van der Waals surface area contributed by atoms with E-state index >= 15 is 0 Å². The first kappa shape index (κ1) is 21.6. The number of rotatable bonds is 12. The summed E-state index contributed by atoms with van der Waals surface area (Å²) in [4.78, 5) is 0. The molecule has 1 rings (SSSR count). The van der Waals surface area contributed by atoms with Crippen molar-refractivity contribution in [1.29, 1.82) is 0 Å². The summed E-state index contributed by atoms with van der Waals surface area (Å²) in [5.74, 6) is 1.87. The average Bonchev–Trinajstić information content (AvgIpc) is 2.55. The first-order chi connectivity index (χ1) is 11.1. The van der Waals surface area contributed by atoms with E-state index in [0.717, 1.165) is 11.8 Å². The van der Waals surface area contributed by atoms with Crippen molar-refractivity contribution in [2.45, 2.75) is 112 Å². The Hall–Kier alpha value is 0.539. The standard InChI is InChI=1S/C10H17.3C4H9.Sn/c1-9(2)8-10-6-4-3-5-7-10;3*1-3-4-2;/h4,9-10H,5-8H2,1-2H3;3*1,3-4H2,2H3;. The Kier molecular flexibility index (Phi) is 11.2. The van der Waals surface area contributed by atoms with Gasteiger partial charge in [-0.15, -0.1) is 0 Å². The average molecular weight is 427 g/mol. The molecule has 0 radical (unpaired) electrons. The van der Waals surface area contributed by atoms with E-state index in [1.807, 2.05) is 0 Å². The zero-order valence-corrected chi connectivity index (χ0v) is 19.8. The quantitative estimate of drug-likeness (QED) is 0.276. The van der Waals surface area contributed by atoms with E-state index in [2.05, 4.69) is 44.3 Å². The third kappa shape index (κ3) is 7.53.